The molecule has 1 aromatic carbocycles. The van der Waals surface area contributed by atoms with Gasteiger partial charge in [-0.2, -0.15) is 5.10 Å². The Balaban J connectivity index is 1.86. The maximum absolute atomic E-state index is 12.9. The van der Waals surface area contributed by atoms with Crippen LogP contribution in [-0.2, 0) is 11.3 Å². The van der Waals surface area contributed by atoms with Crippen LogP contribution in [0.1, 0.15) is 38.2 Å². The molecular weight excluding hydrogens is 320 g/mol. The van der Waals surface area contributed by atoms with Crippen molar-refractivity contribution in [2.75, 3.05) is 6.54 Å². The van der Waals surface area contributed by atoms with Gasteiger partial charge in [-0.05, 0) is 50.9 Å². The van der Waals surface area contributed by atoms with Gasteiger partial charge >= 0.3 is 0 Å². The van der Waals surface area contributed by atoms with Crippen molar-refractivity contribution in [1.29, 1.82) is 0 Å². The van der Waals surface area contributed by atoms with Crippen LogP contribution in [-0.4, -0.2) is 38.2 Å². The minimum atomic E-state index is 0.132. The van der Waals surface area contributed by atoms with E-state index >= 15 is 0 Å². The molecule has 1 amide bonds. The topological polar surface area (TPSA) is 53.9 Å². The fourth-order valence-electron chi connectivity index (χ4n) is 3.45. The summed E-state index contributed by atoms with van der Waals surface area (Å²) in [5.74, 6) is 0.857. The summed E-state index contributed by atoms with van der Waals surface area (Å²) < 4.78 is 2.30. The second-order valence-corrected chi connectivity index (χ2v) is 6.84. The molecule has 1 aliphatic rings. The summed E-state index contributed by atoms with van der Waals surface area (Å²) in [6.07, 6.45) is 4.41. The number of nitrogens with zero attached hydrogens (tertiary/aromatic N) is 3. The zero-order valence-electron chi connectivity index (χ0n) is 14.3. The number of piperidine rings is 1. The normalized spacial score (nSPS) is 17.9. The lowest BCUT2D eigenvalue weighted by molar-refractivity contribution is -0.135. The molecule has 128 valence electrons. The SMILES string of the molecule is CC[C@H]1CCCCN1C(=O)Cn1c(-c2cccc(C)c2)n[nH]c1=S. The van der Waals surface area contributed by atoms with E-state index in [2.05, 4.69) is 23.2 Å². The number of nitrogens with one attached hydrogen (secondary N) is 1. The molecular formula is C18H24N4OS. The maximum Gasteiger partial charge on any atom is 0.242 e. The van der Waals surface area contributed by atoms with Gasteiger partial charge in [0.25, 0.3) is 0 Å². The first kappa shape index (κ1) is 16.9. The highest BCUT2D eigenvalue weighted by atomic mass is 32.1. The molecule has 1 aromatic heterocycles. The lowest BCUT2D eigenvalue weighted by Gasteiger charge is -2.35. The molecule has 0 spiro atoms. The molecule has 1 fully saturated rings. The van der Waals surface area contributed by atoms with E-state index in [1.54, 1.807) is 0 Å². The standard InChI is InChI=1S/C18H24N4OS/c1-3-15-9-4-5-10-21(15)16(23)12-22-17(19-20-18(22)24)14-8-6-7-13(2)11-14/h6-8,11,15H,3-5,9-10,12H2,1-2H3,(H,20,24)/t15-/m0/s1. The number of hydrogen-bond acceptors (Lipinski definition) is 3. The van der Waals surface area contributed by atoms with Crippen LogP contribution in [0.2, 0.25) is 0 Å². The Morgan fingerprint density at radius 3 is 3.00 bits per heavy atom. The highest BCUT2D eigenvalue weighted by Gasteiger charge is 2.26. The second kappa shape index (κ2) is 7.30. The summed E-state index contributed by atoms with van der Waals surface area (Å²) in [6.45, 7) is 5.29. The Morgan fingerprint density at radius 2 is 2.25 bits per heavy atom. The van der Waals surface area contributed by atoms with Crippen molar-refractivity contribution in [3.63, 3.8) is 0 Å². The van der Waals surface area contributed by atoms with Crippen LogP contribution >= 0.6 is 12.2 Å². The summed E-state index contributed by atoms with van der Waals surface area (Å²) in [5, 5.41) is 7.17. The monoisotopic (exact) mass is 344 g/mol. The molecule has 2 heterocycles. The predicted octanol–water partition coefficient (Wildman–Crippen LogP) is 3.71. The number of benzene rings is 1. The van der Waals surface area contributed by atoms with Crippen LogP contribution in [0.15, 0.2) is 24.3 Å². The van der Waals surface area contributed by atoms with Gasteiger partial charge in [0.2, 0.25) is 5.91 Å². The van der Waals surface area contributed by atoms with E-state index in [-0.39, 0.29) is 12.5 Å². The number of hydrogen-bond donors (Lipinski definition) is 1. The van der Waals surface area contributed by atoms with Crippen LogP contribution in [0.4, 0.5) is 0 Å². The predicted molar refractivity (Wildman–Crippen MR) is 97.2 cm³/mol. The van der Waals surface area contributed by atoms with Crippen molar-refractivity contribution in [3.05, 3.63) is 34.6 Å². The molecule has 6 heteroatoms. The number of carbonyl (C=O) groups excluding carboxylic acids is 1. The van der Waals surface area contributed by atoms with Crippen molar-refractivity contribution >= 4 is 18.1 Å². The van der Waals surface area contributed by atoms with E-state index in [9.17, 15) is 4.79 Å². The lowest BCUT2D eigenvalue weighted by atomic mass is 10.00. The molecule has 1 atom stereocenters. The highest BCUT2D eigenvalue weighted by molar-refractivity contribution is 7.71. The number of aromatic nitrogens is 3. The van der Waals surface area contributed by atoms with Crippen LogP contribution in [0.25, 0.3) is 11.4 Å². The van der Waals surface area contributed by atoms with Crippen LogP contribution in [0.3, 0.4) is 0 Å². The number of amides is 1. The van der Waals surface area contributed by atoms with Crippen molar-refractivity contribution in [3.8, 4) is 11.4 Å². The third-order valence-corrected chi connectivity index (χ3v) is 5.06. The summed E-state index contributed by atoms with van der Waals surface area (Å²) in [5.41, 5.74) is 2.13. The third kappa shape index (κ3) is 3.43. The smallest absolute Gasteiger partial charge is 0.242 e. The molecule has 0 bridgehead atoms. The van der Waals surface area contributed by atoms with E-state index in [4.69, 9.17) is 12.2 Å². The van der Waals surface area contributed by atoms with Gasteiger partial charge in [0.1, 0.15) is 6.54 Å². The molecule has 1 saturated heterocycles. The van der Waals surface area contributed by atoms with E-state index < -0.39 is 0 Å². The lowest BCUT2D eigenvalue weighted by Crippen LogP contribution is -2.44. The van der Waals surface area contributed by atoms with Crippen molar-refractivity contribution in [2.24, 2.45) is 0 Å². The van der Waals surface area contributed by atoms with E-state index in [1.807, 2.05) is 34.6 Å². The first-order valence-electron chi connectivity index (χ1n) is 8.62. The van der Waals surface area contributed by atoms with Crippen molar-refractivity contribution in [2.45, 2.75) is 52.1 Å². The Morgan fingerprint density at radius 1 is 1.42 bits per heavy atom. The van der Waals surface area contributed by atoms with E-state index in [1.165, 1.54) is 6.42 Å². The first-order valence-corrected chi connectivity index (χ1v) is 9.02. The Kier molecular flexibility index (Phi) is 5.14. The number of aromatic amines is 1. The van der Waals surface area contributed by atoms with Crippen molar-refractivity contribution < 1.29 is 4.79 Å². The summed E-state index contributed by atoms with van der Waals surface area (Å²) in [6, 6.07) is 8.44. The number of likely N-dealkylation sites (tertiary alicyclic amines) is 1. The van der Waals surface area contributed by atoms with Gasteiger partial charge < -0.3 is 4.90 Å². The molecule has 1 aliphatic heterocycles. The zero-order valence-corrected chi connectivity index (χ0v) is 15.1. The van der Waals surface area contributed by atoms with Crippen LogP contribution in [0.5, 0.6) is 0 Å². The largest absolute Gasteiger partial charge is 0.338 e. The molecule has 0 unspecified atom stereocenters. The number of rotatable bonds is 4. The average molecular weight is 344 g/mol. The Hall–Kier alpha value is -1.95. The minimum absolute atomic E-state index is 0.132. The van der Waals surface area contributed by atoms with Crippen LogP contribution in [0, 0.1) is 11.7 Å². The van der Waals surface area contributed by atoms with Gasteiger partial charge in [0.15, 0.2) is 10.6 Å². The molecule has 2 aromatic rings. The Labute approximate surface area is 147 Å². The molecule has 24 heavy (non-hydrogen) atoms. The molecule has 0 aliphatic carbocycles. The number of aryl methyl sites for hydroxylation is 1. The number of H-pyrrole nitrogens is 1. The fraction of sp³-hybridized carbons (Fsp3) is 0.500. The fourth-order valence-corrected chi connectivity index (χ4v) is 3.65. The van der Waals surface area contributed by atoms with Gasteiger partial charge in [0, 0.05) is 18.2 Å². The molecule has 0 radical (unpaired) electrons. The molecule has 0 saturated carbocycles. The van der Waals surface area contributed by atoms with E-state index in [0.717, 1.165) is 42.8 Å². The van der Waals surface area contributed by atoms with E-state index in [0.29, 0.717) is 10.8 Å². The summed E-state index contributed by atoms with van der Waals surface area (Å²) >= 11 is 5.36. The quantitative estimate of drug-likeness (QED) is 0.860. The van der Waals surface area contributed by atoms with Gasteiger partial charge in [-0.15, -0.1) is 0 Å². The van der Waals surface area contributed by atoms with Gasteiger partial charge in [-0.1, -0.05) is 30.7 Å². The second-order valence-electron chi connectivity index (χ2n) is 6.45. The minimum Gasteiger partial charge on any atom is -0.338 e. The highest BCUT2D eigenvalue weighted by Crippen LogP contribution is 2.22. The molecule has 3 rings (SSSR count). The Bertz CT molecular complexity index is 779. The van der Waals surface area contributed by atoms with Gasteiger partial charge in [0.05, 0.1) is 0 Å². The number of carbonyl (C=O) groups is 1. The average Bonchev–Trinajstić information content (AvgIpc) is 2.95. The first-order chi connectivity index (χ1) is 11.6. The van der Waals surface area contributed by atoms with Gasteiger partial charge in [-0.3, -0.25) is 14.5 Å². The summed E-state index contributed by atoms with van der Waals surface area (Å²) in [4.78, 5) is 14.9. The molecule has 1 N–H and O–H groups in total. The molecule has 5 nitrogen and oxygen atoms in total. The van der Waals surface area contributed by atoms with Crippen molar-refractivity contribution in [1.82, 2.24) is 19.7 Å². The summed E-state index contributed by atoms with van der Waals surface area (Å²) in [7, 11) is 0. The van der Waals surface area contributed by atoms with Crippen LogP contribution < -0.4 is 0 Å². The zero-order chi connectivity index (χ0) is 17.1. The third-order valence-electron chi connectivity index (χ3n) is 4.75. The maximum atomic E-state index is 12.9. The van der Waals surface area contributed by atoms with Gasteiger partial charge in [-0.25, -0.2) is 0 Å².